The molecule has 0 aliphatic carbocycles. The van der Waals surface area contributed by atoms with Gasteiger partial charge in [-0.05, 0) is 11.4 Å². The molecule has 0 atom stereocenters. The summed E-state index contributed by atoms with van der Waals surface area (Å²) in [5.74, 6) is 0.775. The maximum absolute atomic E-state index is 12.3. The monoisotopic (exact) mass is 358 g/mol. The Labute approximate surface area is 148 Å². The summed E-state index contributed by atoms with van der Waals surface area (Å²) < 4.78 is 1.63. The second kappa shape index (κ2) is 6.63. The number of urea groups is 1. The molecule has 0 unspecified atom stereocenters. The van der Waals surface area contributed by atoms with Crippen molar-refractivity contribution >= 4 is 34.3 Å². The number of rotatable bonds is 3. The summed E-state index contributed by atoms with van der Waals surface area (Å²) in [5.41, 5.74) is 1.40. The first-order valence-electron chi connectivity index (χ1n) is 8.03. The lowest BCUT2D eigenvalue weighted by atomic mass is 10.3. The fourth-order valence-electron chi connectivity index (χ4n) is 2.88. The molecule has 10 heteroatoms. The van der Waals surface area contributed by atoms with Crippen LogP contribution in [0.25, 0.3) is 11.2 Å². The molecule has 1 fully saturated rings. The quantitative estimate of drug-likeness (QED) is 0.746. The van der Waals surface area contributed by atoms with Crippen LogP contribution < -0.4 is 10.2 Å². The van der Waals surface area contributed by atoms with Crippen LogP contribution in [-0.4, -0.2) is 62.1 Å². The predicted octanol–water partition coefficient (Wildman–Crippen LogP) is 0.852. The van der Waals surface area contributed by atoms with Gasteiger partial charge in [-0.15, -0.1) is 16.4 Å². The third kappa shape index (κ3) is 3.12. The molecule has 0 saturated carbocycles. The van der Waals surface area contributed by atoms with Crippen LogP contribution >= 0.6 is 11.3 Å². The van der Waals surface area contributed by atoms with Crippen LogP contribution in [-0.2, 0) is 13.6 Å². The summed E-state index contributed by atoms with van der Waals surface area (Å²) in [6.07, 6.45) is 1.53. The van der Waals surface area contributed by atoms with E-state index in [9.17, 15) is 4.79 Å². The Morgan fingerprint density at radius 1 is 1.28 bits per heavy atom. The molecule has 1 aliphatic heterocycles. The SMILES string of the molecule is Cn1nnc2c(N3CCN(C(=O)NCc4cccs4)CC3)ncnc21. The van der Waals surface area contributed by atoms with Crippen molar-refractivity contribution in [3.05, 3.63) is 28.7 Å². The Balaban J connectivity index is 1.38. The maximum atomic E-state index is 12.3. The normalized spacial score (nSPS) is 14.9. The molecule has 4 rings (SSSR count). The van der Waals surface area contributed by atoms with Gasteiger partial charge in [0.05, 0.1) is 6.54 Å². The van der Waals surface area contributed by atoms with Gasteiger partial charge in [-0.1, -0.05) is 11.3 Å². The summed E-state index contributed by atoms with van der Waals surface area (Å²) in [6.45, 7) is 3.26. The number of piperazine rings is 1. The fraction of sp³-hybridized carbons (Fsp3) is 0.400. The number of hydrogen-bond acceptors (Lipinski definition) is 7. The van der Waals surface area contributed by atoms with Gasteiger partial charge in [0.25, 0.3) is 0 Å². The smallest absolute Gasteiger partial charge is 0.317 e. The molecule has 4 heterocycles. The largest absolute Gasteiger partial charge is 0.351 e. The minimum absolute atomic E-state index is 0.0274. The second-order valence-electron chi connectivity index (χ2n) is 5.79. The van der Waals surface area contributed by atoms with E-state index in [-0.39, 0.29) is 6.03 Å². The van der Waals surface area contributed by atoms with Crippen molar-refractivity contribution in [2.24, 2.45) is 7.05 Å². The van der Waals surface area contributed by atoms with Gasteiger partial charge < -0.3 is 15.1 Å². The lowest BCUT2D eigenvalue weighted by molar-refractivity contribution is 0.194. The van der Waals surface area contributed by atoms with Crippen molar-refractivity contribution in [2.75, 3.05) is 31.1 Å². The van der Waals surface area contributed by atoms with Crippen LogP contribution in [0.15, 0.2) is 23.8 Å². The lowest BCUT2D eigenvalue weighted by Gasteiger charge is -2.35. The molecule has 0 spiro atoms. The zero-order valence-electron chi connectivity index (χ0n) is 13.8. The van der Waals surface area contributed by atoms with Gasteiger partial charge in [-0.2, -0.15) is 0 Å². The predicted molar refractivity (Wildman–Crippen MR) is 94.4 cm³/mol. The summed E-state index contributed by atoms with van der Waals surface area (Å²) in [5, 5.41) is 13.1. The van der Waals surface area contributed by atoms with Crippen molar-refractivity contribution in [2.45, 2.75) is 6.54 Å². The zero-order chi connectivity index (χ0) is 17.2. The van der Waals surface area contributed by atoms with Gasteiger partial charge in [0.1, 0.15) is 6.33 Å². The van der Waals surface area contributed by atoms with Crippen molar-refractivity contribution in [1.29, 1.82) is 0 Å². The van der Waals surface area contributed by atoms with E-state index in [4.69, 9.17) is 0 Å². The van der Waals surface area contributed by atoms with E-state index < -0.39 is 0 Å². The molecule has 130 valence electrons. The zero-order valence-corrected chi connectivity index (χ0v) is 14.6. The molecule has 0 radical (unpaired) electrons. The van der Waals surface area contributed by atoms with Gasteiger partial charge in [-0.25, -0.2) is 19.4 Å². The molecule has 3 aromatic rings. The highest BCUT2D eigenvalue weighted by Gasteiger charge is 2.24. The van der Waals surface area contributed by atoms with E-state index in [0.717, 1.165) is 10.7 Å². The number of aryl methyl sites for hydroxylation is 1. The van der Waals surface area contributed by atoms with E-state index in [2.05, 4.69) is 30.5 Å². The first-order chi connectivity index (χ1) is 12.2. The maximum Gasteiger partial charge on any atom is 0.317 e. The number of thiophene rings is 1. The van der Waals surface area contributed by atoms with Crippen LogP contribution in [0.2, 0.25) is 0 Å². The fourth-order valence-corrected chi connectivity index (χ4v) is 3.53. The Bertz CT molecular complexity index is 869. The highest BCUT2D eigenvalue weighted by atomic mass is 32.1. The molecule has 9 nitrogen and oxygen atoms in total. The number of nitrogens with zero attached hydrogens (tertiary/aromatic N) is 7. The van der Waals surface area contributed by atoms with E-state index in [1.165, 1.54) is 6.33 Å². The highest BCUT2D eigenvalue weighted by Crippen LogP contribution is 2.21. The molecular formula is C15H18N8OS. The molecule has 1 aliphatic rings. The number of carbonyl (C=O) groups is 1. The molecule has 1 saturated heterocycles. The molecule has 2 amide bonds. The summed E-state index contributed by atoms with van der Waals surface area (Å²) >= 11 is 1.64. The molecule has 0 aromatic carbocycles. The van der Waals surface area contributed by atoms with E-state index in [1.54, 1.807) is 16.0 Å². The van der Waals surface area contributed by atoms with Gasteiger partial charge in [0.15, 0.2) is 17.0 Å². The average molecular weight is 358 g/mol. The van der Waals surface area contributed by atoms with Crippen molar-refractivity contribution < 1.29 is 4.79 Å². The summed E-state index contributed by atoms with van der Waals surface area (Å²) in [7, 11) is 1.81. The standard InChI is InChI=1S/C15H18N8OS/c1-21-13-12(19-20-21)14(18-10-17-13)22-4-6-23(7-5-22)15(24)16-9-11-3-2-8-25-11/h2-3,8,10H,4-7,9H2,1H3,(H,16,24). The van der Waals surface area contributed by atoms with Crippen molar-refractivity contribution in [3.63, 3.8) is 0 Å². The van der Waals surface area contributed by atoms with E-state index in [0.29, 0.717) is 43.9 Å². The summed E-state index contributed by atoms with van der Waals surface area (Å²) in [6, 6.07) is 3.98. The van der Waals surface area contributed by atoms with Crippen LogP contribution in [0.5, 0.6) is 0 Å². The van der Waals surface area contributed by atoms with Gasteiger partial charge in [0.2, 0.25) is 0 Å². The van der Waals surface area contributed by atoms with Crippen LogP contribution in [0.1, 0.15) is 4.88 Å². The number of amides is 2. The Hall–Kier alpha value is -2.75. The van der Waals surface area contributed by atoms with Gasteiger partial charge >= 0.3 is 6.03 Å². The third-order valence-electron chi connectivity index (χ3n) is 4.23. The van der Waals surface area contributed by atoms with Crippen LogP contribution in [0, 0.1) is 0 Å². The van der Waals surface area contributed by atoms with Crippen molar-refractivity contribution in [1.82, 2.24) is 35.2 Å². The number of aromatic nitrogens is 5. The molecule has 3 aromatic heterocycles. The van der Waals surface area contributed by atoms with Crippen LogP contribution in [0.3, 0.4) is 0 Å². The molecule has 1 N–H and O–H groups in total. The first-order valence-corrected chi connectivity index (χ1v) is 8.91. The van der Waals surface area contributed by atoms with Gasteiger partial charge in [-0.3, -0.25) is 0 Å². The van der Waals surface area contributed by atoms with Crippen molar-refractivity contribution in [3.8, 4) is 0 Å². The minimum atomic E-state index is -0.0274. The number of hydrogen-bond donors (Lipinski definition) is 1. The number of nitrogens with one attached hydrogen (secondary N) is 1. The van der Waals surface area contributed by atoms with Crippen LogP contribution in [0.4, 0.5) is 10.6 Å². The second-order valence-corrected chi connectivity index (χ2v) is 6.83. The molecular weight excluding hydrogens is 340 g/mol. The lowest BCUT2D eigenvalue weighted by Crippen LogP contribution is -2.52. The highest BCUT2D eigenvalue weighted by molar-refractivity contribution is 7.09. The van der Waals surface area contributed by atoms with E-state index in [1.807, 2.05) is 29.5 Å². The average Bonchev–Trinajstić information content (AvgIpc) is 3.30. The third-order valence-corrected chi connectivity index (χ3v) is 5.11. The minimum Gasteiger partial charge on any atom is -0.351 e. The Morgan fingerprint density at radius 3 is 2.88 bits per heavy atom. The molecule has 25 heavy (non-hydrogen) atoms. The first kappa shape index (κ1) is 15.8. The topological polar surface area (TPSA) is 92.1 Å². The Kier molecular flexibility index (Phi) is 4.18. The summed E-state index contributed by atoms with van der Waals surface area (Å²) in [4.78, 5) is 26.0. The Morgan fingerprint density at radius 2 is 2.12 bits per heavy atom. The number of anilines is 1. The number of fused-ring (bicyclic) bond motifs is 1. The number of carbonyl (C=O) groups excluding carboxylic acids is 1. The van der Waals surface area contributed by atoms with E-state index >= 15 is 0 Å². The molecule has 0 bridgehead atoms. The van der Waals surface area contributed by atoms with Gasteiger partial charge in [0, 0.05) is 38.1 Å².